The van der Waals surface area contributed by atoms with Crippen molar-refractivity contribution in [2.75, 3.05) is 18.0 Å². The van der Waals surface area contributed by atoms with Crippen LogP contribution in [0.25, 0.3) is 0 Å². The first-order chi connectivity index (χ1) is 15.2. The Labute approximate surface area is 214 Å². The lowest BCUT2D eigenvalue weighted by molar-refractivity contribution is 0.0971. The van der Waals surface area contributed by atoms with Gasteiger partial charge in [-0.05, 0) is 43.9 Å². The van der Waals surface area contributed by atoms with Gasteiger partial charge in [0.1, 0.15) is 5.75 Å². The van der Waals surface area contributed by atoms with E-state index in [-0.39, 0.29) is 59.2 Å². The van der Waals surface area contributed by atoms with E-state index in [9.17, 15) is 4.79 Å². The van der Waals surface area contributed by atoms with Crippen molar-refractivity contribution in [1.82, 2.24) is 20.6 Å². The molecule has 12 nitrogen and oxygen atoms in total. The summed E-state index contributed by atoms with van der Waals surface area (Å²) in [6, 6.07) is 7.65. The Morgan fingerprint density at radius 3 is 2.41 bits per heavy atom. The van der Waals surface area contributed by atoms with E-state index in [4.69, 9.17) is 44.7 Å². The van der Waals surface area contributed by atoms with Gasteiger partial charge in [-0.15, -0.1) is 24.8 Å². The molecule has 1 aromatic carbocycles. The van der Waals surface area contributed by atoms with E-state index in [0.717, 1.165) is 24.8 Å². The number of nitrogens with two attached hydrogens (primary N) is 4. The van der Waals surface area contributed by atoms with E-state index < -0.39 is 12.1 Å². The summed E-state index contributed by atoms with van der Waals surface area (Å²) in [7, 11) is 0. The number of aromatic nitrogens is 2. The van der Waals surface area contributed by atoms with Gasteiger partial charge in [-0.1, -0.05) is 23.7 Å². The zero-order valence-corrected chi connectivity index (χ0v) is 20.8. The van der Waals surface area contributed by atoms with Gasteiger partial charge in [-0.2, -0.15) is 0 Å². The number of rotatable bonds is 9. The lowest BCUT2D eigenvalue weighted by atomic mass is 10.1. The number of nitrogen functional groups attached to an aromatic ring is 2. The van der Waals surface area contributed by atoms with Crippen LogP contribution in [-0.2, 0) is 6.42 Å². The molecule has 0 radical (unpaired) electrons. The SMILES string of the molecule is CC(N=C(N)N)Oc1ccc(CCCCNC(=N)NC(=O)c2nc(Cl)c(N)nc2N)cc1.Cl.Cl. The van der Waals surface area contributed by atoms with Gasteiger partial charge in [0, 0.05) is 6.54 Å². The number of nitrogens with one attached hydrogen (secondary N) is 3. The summed E-state index contributed by atoms with van der Waals surface area (Å²) < 4.78 is 5.59. The van der Waals surface area contributed by atoms with E-state index in [1.807, 2.05) is 24.3 Å². The minimum atomic E-state index is -0.703. The molecule has 34 heavy (non-hydrogen) atoms. The third-order valence-electron chi connectivity index (χ3n) is 4.11. The molecule has 0 spiro atoms. The number of hydrogen-bond donors (Lipinski definition) is 7. The van der Waals surface area contributed by atoms with Crippen molar-refractivity contribution in [3.63, 3.8) is 0 Å². The molecule has 15 heteroatoms. The number of unbranched alkanes of at least 4 members (excludes halogenated alkanes) is 1. The van der Waals surface area contributed by atoms with Crippen LogP contribution in [0.2, 0.25) is 5.15 Å². The maximum Gasteiger partial charge on any atom is 0.280 e. The minimum absolute atomic E-state index is 0. The van der Waals surface area contributed by atoms with Crippen molar-refractivity contribution >= 4 is 65.9 Å². The summed E-state index contributed by atoms with van der Waals surface area (Å²) in [6.07, 6.45) is 2.05. The Bertz CT molecular complexity index is 985. The van der Waals surface area contributed by atoms with Gasteiger partial charge in [-0.25, -0.2) is 15.0 Å². The number of aliphatic imine (C=N–C) groups is 1. The molecule has 2 aromatic rings. The van der Waals surface area contributed by atoms with Gasteiger partial charge in [0.2, 0.25) is 0 Å². The monoisotopic (exact) mass is 534 g/mol. The summed E-state index contributed by atoms with van der Waals surface area (Å²) >= 11 is 5.76. The third-order valence-corrected chi connectivity index (χ3v) is 4.39. The molecule has 188 valence electrons. The van der Waals surface area contributed by atoms with Gasteiger partial charge in [0.05, 0.1) is 0 Å². The van der Waals surface area contributed by atoms with E-state index in [0.29, 0.717) is 12.3 Å². The molecule has 0 fully saturated rings. The van der Waals surface area contributed by atoms with Gasteiger partial charge >= 0.3 is 0 Å². The number of benzene rings is 1. The summed E-state index contributed by atoms with van der Waals surface area (Å²) in [4.78, 5) is 23.6. The number of halogens is 3. The van der Waals surface area contributed by atoms with Crippen LogP contribution in [-0.4, -0.2) is 40.6 Å². The number of nitrogens with zero attached hydrogens (tertiary/aromatic N) is 3. The molecule has 0 aliphatic heterocycles. The Morgan fingerprint density at radius 2 is 1.79 bits per heavy atom. The van der Waals surface area contributed by atoms with E-state index in [1.165, 1.54) is 0 Å². The molecule has 1 atom stereocenters. The minimum Gasteiger partial charge on any atom is -0.469 e. The molecule has 2 rings (SSSR count). The molecule has 0 aliphatic carbocycles. The predicted octanol–water partition coefficient (Wildman–Crippen LogP) is 1.41. The average Bonchev–Trinajstić information content (AvgIpc) is 2.71. The zero-order chi connectivity index (χ0) is 23.7. The van der Waals surface area contributed by atoms with Crippen molar-refractivity contribution in [2.24, 2.45) is 16.5 Å². The summed E-state index contributed by atoms with van der Waals surface area (Å²) in [5, 5.41) is 12.8. The molecular formula is C19H29Cl3N10O2. The lowest BCUT2D eigenvalue weighted by Crippen LogP contribution is -2.41. The summed E-state index contributed by atoms with van der Waals surface area (Å²) in [5.74, 6) is -0.477. The Balaban J connectivity index is 0.00000544. The fraction of sp³-hybridized carbons (Fsp3) is 0.316. The predicted molar refractivity (Wildman–Crippen MR) is 139 cm³/mol. The second-order valence-corrected chi connectivity index (χ2v) is 7.12. The maximum absolute atomic E-state index is 12.2. The molecule has 1 aromatic heterocycles. The number of amides is 1. The van der Waals surface area contributed by atoms with Crippen LogP contribution in [0.5, 0.6) is 5.75 Å². The first-order valence-electron chi connectivity index (χ1n) is 9.72. The standard InChI is InChI=1S/C19H27ClN10O2.2ClH/c1-10(27-18(23)24)32-12-7-5-11(6-8-12)4-2-3-9-26-19(25)30-17(31)13-15(21)29-16(22)14(20)28-13;;/h5-8,10H,2-4,9H2,1H3,(H4,21,22,29)(H4,23,24,27)(H3,25,26,30,31);2*1H. The molecule has 1 unspecified atom stereocenters. The van der Waals surface area contributed by atoms with Crippen molar-refractivity contribution in [1.29, 1.82) is 5.41 Å². The van der Waals surface area contributed by atoms with Crippen LogP contribution >= 0.6 is 36.4 Å². The number of ether oxygens (including phenoxy) is 1. The summed E-state index contributed by atoms with van der Waals surface area (Å²) in [5.41, 5.74) is 22.7. The molecule has 0 saturated heterocycles. The summed E-state index contributed by atoms with van der Waals surface area (Å²) in [6.45, 7) is 2.24. The van der Waals surface area contributed by atoms with Crippen LogP contribution < -0.4 is 38.3 Å². The van der Waals surface area contributed by atoms with E-state index >= 15 is 0 Å². The van der Waals surface area contributed by atoms with Crippen molar-refractivity contribution < 1.29 is 9.53 Å². The largest absolute Gasteiger partial charge is 0.469 e. The fourth-order valence-electron chi connectivity index (χ4n) is 2.66. The topological polar surface area (TPSA) is 216 Å². The van der Waals surface area contributed by atoms with Crippen molar-refractivity contribution in [3.05, 3.63) is 40.7 Å². The first kappa shape index (κ1) is 30.8. The Kier molecular flexibility index (Phi) is 13.4. The lowest BCUT2D eigenvalue weighted by Gasteiger charge is -2.12. The molecule has 1 amide bonds. The number of guanidine groups is 2. The average molecular weight is 536 g/mol. The Morgan fingerprint density at radius 1 is 1.15 bits per heavy atom. The smallest absolute Gasteiger partial charge is 0.280 e. The number of aryl methyl sites for hydroxylation is 1. The molecule has 11 N–H and O–H groups in total. The number of carbonyl (C=O) groups excluding carboxylic acids is 1. The second kappa shape index (κ2) is 14.8. The van der Waals surface area contributed by atoms with Crippen LogP contribution in [0.3, 0.4) is 0 Å². The third kappa shape index (κ3) is 10.1. The van der Waals surface area contributed by atoms with Crippen LogP contribution in [0.1, 0.15) is 35.8 Å². The van der Waals surface area contributed by atoms with Gasteiger partial charge in [-0.3, -0.25) is 15.5 Å². The normalized spacial score (nSPS) is 10.6. The van der Waals surface area contributed by atoms with Gasteiger partial charge < -0.3 is 33.0 Å². The zero-order valence-electron chi connectivity index (χ0n) is 18.4. The van der Waals surface area contributed by atoms with Crippen LogP contribution in [0.15, 0.2) is 29.3 Å². The highest BCUT2D eigenvalue weighted by Gasteiger charge is 2.16. The molecule has 0 saturated carbocycles. The highest BCUT2D eigenvalue weighted by atomic mass is 35.5. The maximum atomic E-state index is 12.2. The van der Waals surface area contributed by atoms with E-state index in [2.05, 4.69) is 25.6 Å². The second-order valence-electron chi connectivity index (χ2n) is 6.76. The fourth-order valence-corrected chi connectivity index (χ4v) is 2.79. The van der Waals surface area contributed by atoms with Crippen LogP contribution in [0.4, 0.5) is 11.6 Å². The quantitative estimate of drug-likeness (QED) is 0.140. The highest BCUT2D eigenvalue weighted by molar-refractivity contribution is 6.31. The van der Waals surface area contributed by atoms with Crippen molar-refractivity contribution in [3.8, 4) is 5.75 Å². The first-order valence-corrected chi connectivity index (χ1v) is 10.1. The number of hydrogen-bond acceptors (Lipinski definition) is 8. The molecule has 0 aliphatic rings. The van der Waals surface area contributed by atoms with Gasteiger partial charge in [0.25, 0.3) is 5.91 Å². The molecule has 1 heterocycles. The Hall–Kier alpha value is -3.22. The van der Waals surface area contributed by atoms with Crippen LogP contribution in [0, 0.1) is 5.41 Å². The molecular weight excluding hydrogens is 507 g/mol. The highest BCUT2D eigenvalue weighted by Crippen LogP contribution is 2.17. The molecule has 0 bridgehead atoms. The van der Waals surface area contributed by atoms with Crippen molar-refractivity contribution in [2.45, 2.75) is 32.4 Å². The number of anilines is 2. The van der Waals surface area contributed by atoms with E-state index in [1.54, 1.807) is 6.92 Å². The van der Waals surface area contributed by atoms with Gasteiger partial charge in [0.15, 0.2) is 40.6 Å². The number of carbonyl (C=O) groups is 1.